The molecule has 602 valence electrons. The molecule has 0 N–H and O–H groups in total. The van der Waals surface area contributed by atoms with E-state index in [-0.39, 0.29) is 94.7 Å². The zero-order chi connectivity index (χ0) is 83.3. The molecule has 0 fully saturated rings. The van der Waals surface area contributed by atoms with E-state index in [0.717, 1.165) is 80.8 Å². The highest BCUT2D eigenvalue weighted by Gasteiger charge is 2.44. The van der Waals surface area contributed by atoms with E-state index in [1.54, 1.807) is 115 Å². The van der Waals surface area contributed by atoms with Gasteiger partial charge in [-0.25, -0.2) is 0 Å². The van der Waals surface area contributed by atoms with E-state index in [2.05, 4.69) is 0 Å². The van der Waals surface area contributed by atoms with E-state index in [0.29, 0.717) is 154 Å². The van der Waals surface area contributed by atoms with Crippen molar-refractivity contribution in [1.82, 2.24) is 29.4 Å². The highest BCUT2D eigenvalue weighted by Crippen LogP contribution is 2.52. The Labute approximate surface area is 688 Å². The van der Waals surface area contributed by atoms with Gasteiger partial charge in [0.2, 0.25) is 0 Å². The van der Waals surface area contributed by atoms with Gasteiger partial charge in [0, 0.05) is 166 Å². The van der Waals surface area contributed by atoms with E-state index >= 15 is 28.8 Å². The number of hydrogen-bond acceptors (Lipinski definition) is 18. The van der Waals surface area contributed by atoms with Crippen LogP contribution in [0.4, 0.5) is 0 Å². The first-order valence-electron chi connectivity index (χ1n) is 40.8. The molecule has 0 bridgehead atoms. The van der Waals surface area contributed by atoms with Gasteiger partial charge in [0.05, 0.1) is 57.8 Å². The average Bonchev–Trinajstić information content (AvgIpc) is 0.697. The van der Waals surface area contributed by atoms with Gasteiger partial charge in [-0.1, -0.05) is 72.8 Å². The lowest BCUT2D eigenvalue weighted by Gasteiger charge is -2.34. The van der Waals surface area contributed by atoms with Gasteiger partial charge in [-0.3, -0.25) is 86.9 Å². The molecule has 24 heteroatoms. The first-order valence-corrected chi connectivity index (χ1v) is 40.8. The number of carbonyl (C=O) groups is 12. The summed E-state index contributed by atoms with van der Waals surface area (Å²) in [6, 6.07) is 40.6. The fourth-order valence-electron chi connectivity index (χ4n) is 20.5. The van der Waals surface area contributed by atoms with E-state index in [9.17, 15) is 28.8 Å². The van der Waals surface area contributed by atoms with Gasteiger partial charge in [0.1, 0.15) is 0 Å². The van der Waals surface area contributed by atoms with Crippen molar-refractivity contribution in [1.29, 1.82) is 0 Å². The maximum absolute atomic E-state index is 15.1. The van der Waals surface area contributed by atoms with Crippen molar-refractivity contribution in [2.24, 2.45) is 5.92 Å². The minimum atomic E-state index is -0.833. The molecule has 6 aliphatic rings. The lowest BCUT2D eigenvalue weighted by atomic mass is 9.82. The van der Waals surface area contributed by atoms with Crippen LogP contribution in [0.2, 0.25) is 0 Å². The van der Waals surface area contributed by atoms with Crippen LogP contribution in [0.5, 0.6) is 0 Å². The quantitative estimate of drug-likeness (QED) is 0.0200. The second kappa shape index (κ2) is 28.2. The third kappa shape index (κ3) is 10.7. The predicted molar refractivity (Wildman–Crippen MR) is 454 cm³/mol. The fraction of sp³-hybridized carbons (Fsp3) is 0.258. The lowest BCUT2D eigenvalue weighted by molar-refractivity contribution is -0.0282. The number of ether oxygens (including phenoxy) is 6. The van der Waals surface area contributed by atoms with Crippen LogP contribution < -0.4 is 0 Å². The molecule has 12 amide bonds. The predicted octanol–water partition coefficient (Wildman–Crippen LogP) is 14.8. The standard InChI is InChI=1S/C97H76N6O18/c1-46(101-92(110)68-28-16-56-50-10-22-62-80-63(87(105)98(86(62)104)34-7-37-116-4)23-11-51(74(50)80)57-17-29-69(93(101)111)83(68)77(56)57)40-119-43-49(44-120-41-47(2)102-94(112)70-30-18-58-52-12-24-64-81-65(89(107)99(88(64)106)35-8-38-117-5)25-13-53(75(52)81)59-19-31-71(95(102)113)84(70)78(58)59)45-121-42-48(3)103-96(114)72-32-20-60-54-14-26-66-82-67(91(109)100(90(66)108)36-9-39-118-6)27-15-55(76(54)82)61-21-33-73(97(103)115)85(72)79(60)61/h10-33,46-49H,7-9,34-45H2,1-6H3. The Morgan fingerprint density at radius 3 is 0.529 bits per heavy atom. The van der Waals surface area contributed by atoms with Crippen molar-refractivity contribution in [2.45, 2.75) is 58.2 Å². The highest BCUT2D eigenvalue weighted by atomic mass is 16.5. The second-order valence-electron chi connectivity index (χ2n) is 32.7. The molecule has 3 unspecified atom stereocenters. The first kappa shape index (κ1) is 75.3. The number of amides is 12. The van der Waals surface area contributed by atoms with Crippen LogP contribution in [0, 0.1) is 5.92 Å². The molecular formula is C97H76N6O18. The van der Waals surface area contributed by atoms with Gasteiger partial charge in [-0.05, 0) is 210 Å². The van der Waals surface area contributed by atoms with Crippen LogP contribution in [-0.2, 0) is 28.4 Å². The summed E-state index contributed by atoms with van der Waals surface area (Å²) in [4.78, 5) is 182. The summed E-state index contributed by atoms with van der Waals surface area (Å²) >= 11 is 0. The zero-order valence-corrected chi connectivity index (χ0v) is 66.8. The molecule has 15 aromatic rings. The summed E-state index contributed by atoms with van der Waals surface area (Å²) in [5.74, 6) is -6.16. The van der Waals surface area contributed by atoms with Crippen LogP contribution in [-0.4, -0.2) is 219 Å². The topological polar surface area (TPSA) is 280 Å². The van der Waals surface area contributed by atoms with Crippen molar-refractivity contribution < 1.29 is 86.0 Å². The normalized spacial score (nSPS) is 16.5. The maximum Gasteiger partial charge on any atom is 0.261 e. The van der Waals surface area contributed by atoms with E-state index in [1.807, 2.05) is 72.8 Å². The van der Waals surface area contributed by atoms with Crippen LogP contribution in [0.25, 0.3) is 129 Å². The number of rotatable bonds is 27. The summed E-state index contributed by atoms with van der Waals surface area (Å²) in [5.41, 5.74) is 4.29. The summed E-state index contributed by atoms with van der Waals surface area (Å²) in [6.07, 6.45) is 1.43. The van der Waals surface area contributed by atoms with Crippen molar-refractivity contribution in [3.8, 4) is 0 Å². The maximum atomic E-state index is 15.1. The number of fused-ring (bicyclic) bond motifs is 6. The van der Waals surface area contributed by atoms with Gasteiger partial charge in [-0.15, -0.1) is 0 Å². The monoisotopic (exact) mass is 1610 g/mol. The number of nitrogens with zero attached hydrogens (tertiary/aromatic N) is 6. The Hall–Kier alpha value is -13.2. The summed E-state index contributed by atoms with van der Waals surface area (Å²) < 4.78 is 35.2. The van der Waals surface area contributed by atoms with Crippen molar-refractivity contribution in [2.75, 3.05) is 100 Å². The van der Waals surface area contributed by atoms with E-state index < -0.39 is 59.5 Å². The van der Waals surface area contributed by atoms with Crippen molar-refractivity contribution >= 4 is 200 Å². The van der Waals surface area contributed by atoms with E-state index in [4.69, 9.17) is 28.4 Å². The fourth-order valence-corrected chi connectivity index (χ4v) is 20.5. The molecule has 24 nitrogen and oxygen atoms in total. The molecule has 121 heavy (non-hydrogen) atoms. The molecule has 0 saturated heterocycles. The van der Waals surface area contributed by atoms with Crippen molar-refractivity contribution in [3.63, 3.8) is 0 Å². The third-order valence-corrected chi connectivity index (χ3v) is 25.9. The molecule has 3 atom stereocenters. The summed E-state index contributed by atoms with van der Waals surface area (Å²) in [7, 11) is 4.70. The largest absolute Gasteiger partial charge is 0.385 e. The molecule has 21 rings (SSSR count). The smallest absolute Gasteiger partial charge is 0.261 e. The average molecular weight is 1610 g/mol. The minimum absolute atomic E-state index is 0.0678. The Bertz CT molecular complexity index is 6250. The first-order chi connectivity index (χ1) is 58.8. The molecule has 15 aromatic carbocycles. The lowest BCUT2D eigenvalue weighted by Crippen LogP contribution is -2.48. The van der Waals surface area contributed by atoms with Gasteiger partial charge in [0.25, 0.3) is 70.9 Å². The number of benzene rings is 15. The highest BCUT2D eigenvalue weighted by molar-refractivity contribution is 6.45. The number of methoxy groups -OCH3 is 3. The number of imide groups is 6. The molecule has 6 aliphatic heterocycles. The summed E-state index contributed by atoms with van der Waals surface area (Å²) in [5, 5.41) is 16.5. The molecular weight excluding hydrogens is 1540 g/mol. The molecule has 6 heterocycles. The molecule has 0 aliphatic carbocycles. The molecule has 0 spiro atoms. The third-order valence-electron chi connectivity index (χ3n) is 25.9. The van der Waals surface area contributed by atoms with Gasteiger partial charge >= 0.3 is 0 Å². The molecule has 0 radical (unpaired) electrons. The number of hydrogen-bond donors (Lipinski definition) is 0. The van der Waals surface area contributed by atoms with Crippen LogP contribution in [0.15, 0.2) is 146 Å². The Morgan fingerprint density at radius 1 is 0.215 bits per heavy atom. The Balaban J connectivity index is 0.549. The molecule has 0 aromatic heterocycles. The van der Waals surface area contributed by atoms with Crippen LogP contribution in [0.1, 0.15) is 164 Å². The second-order valence-corrected chi connectivity index (χ2v) is 32.7. The van der Waals surface area contributed by atoms with Crippen molar-refractivity contribution in [3.05, 3.63) is 212 Å². The number of carbonyl (C=O) groups excluding carboxylic acids is 12. The Morgan fingerprint density at radius 2 is 0.372 bits per heavy atom. The SMILES string of the molecule is COCCCN1C(=O)c2ccc3c4ccc5c6c(ccc(c7ccc(c2c37)C1=O)c64)C(=O)N(C(C)COCC(COCC(C)N1C(=O)c2ccc3c4ccc6c7c(ccc(c8ccc(c2c38)C1=O)c74)C(=O)N(CCCOC)C6=O)COCC(C)N1C(=O)c2ccc3c4ccc6c7c(ccc(c8ccc(c2c38)C1=O)c74)C(=O)N(CCCOC)C6=O)C5=O. The van der Waals surface area contributed by atoms with Gasteiger partial charge in [0.15, 0.2) is 0 Å². The van der Waals surface area contributed by atoms with Crippen LogP contribution >= 0.6 is 0 Å². The Kier molecular flexibility index (Phi) is 17.6. The van der Waals surface area contributed by atoms with Gasteiger partial charge < -0.3 is 28.4 Å². The van der Waals surface area contributed by atoms with Gasteiger partial charge in [-0.2, -0.15) is 0 Å². The minimum Gasteiger partial charge on any atom is -0.385 e. The zero-order valence-electron chi connectivity index (χ0n) is 66.8. The summed E-state index contributed by atoms with van der Waals surface area (Å²) in [6.45, 7) is 6.27. The molecule has 0 saturated carbocycles. The van der Waals surface area contributed by atoms with E-state index in [1.165, 1.54) is 29.4 Å². The van der Waals surface area contributed by atoms with Crippen LogP contribution in [0.3, 0.4) is 0 Å².